The zero-order valence-electron chi connectivity index (χ0n) is 12.2. The van der Waals surface area contributed by atoms with Crippen molar-refractivity contribution < 1.29 is 9.13 Å². The van der Waals surface area contributed by atoms with Crippen molar-refractivity contribution in [2.45, 2.75) is 32.4 Å². The number of nitrogens with one attached hydrogen (secondary N) is 1. The van der Waals surface area contributed by atoms with Gasteiger partial charge in [0.2, 0.25) is 0 Å². The number of hydrogen-bond donors (Lipinski definition) is 1. The van der Waals surface area contributed by atoms with Crippen LogP contribution in [-0.2, 0) is 6.54 Å². The van der Waals surface area contributed by atoms with Gasteiger partial charge in [-0.15, -0.1) is 0 Å². The topological polar surface area (TPSA) is 47.0 Å². The van der Waals surface area contributed by atoms with E-state index in [0.717, 1.165) is 23.5 Å². The molecular weight excluding hydrogens is 269 g/mol. The zero-order chi connectivity index (χ0) is 14.8. The molecule has 0 spiro atoms. The third-order valence-electron chi connectivity index (χ3n) is 3.47. The first-order valence-corrected chi connectivity index (χ1v) is 7.07. The Balaban J connectivity index is 1.89. The Labute approximate surface area is 123 Å². The minimum atomic E-state index is -0.385. The summed E-state index contributed by atoms with van der Waals surface area (Å²) in [6.07, 6.45) is 2.48. The fourth-order valence-electron chi connectivity index (χ4n) is 2.19. The summed E-state index contributed by atoms with van der Waals surface area (Å²) in [5, 5.41) is 3.44. The van der Waals surface area contributed by atoms with Crippen LogP contribution in [0, 0.1) is 12.7 Å². The van der Waals surface area contributed by atoms with Crippen LogP contribution >= 0.6 is 0 Å². The Morgan fingerprint density at radius 1 is 1.29 bits per heavy atom. The quantitative estimate of drug-likeness (QED) is 0.918. The molecule has 0 aliphatic heterocycles. The molecule has 1 N–H and O–H groups in total. The van der Waals surface area contributed by atoms with E-state index in [1.807, 2.05) is 13.0 Å². The van der Waals surface area contributed by atoms with E-state index in [0.29, 0.717) is 11.9 Å². The van der Waals surface area contributed by atoms with Gasteiger partial charge in [-0.1, -0.05) is 0 Å². The van der Waals surface area contributed by atoms with Gasteiger partial charge in [0.05, 0.1) is 12.8 Å². The van der Waals surface area contributed by atoms with Gasteiger partial charge < -0.3 is 10.1 Å². The van der Waals surface area contributed by atoms with E-state index in [9.17, 15) is 4.39 Å². The van der Waals surface area contributed by atoms with Crippen LogP contribution in [0.25, 0.3) is 11.4 Å². The molecule has 0 atom stereocenters. The lowest BCUT2D eigenvalue weighted by atomic mass is 10.2. The second-order valence-electron chi connectivity index (χ2n) is 5.33. The molecule has 1 saturated carbocycles. The monoisotopic (exact) mass is 287 g/mol. The van der Waals surface area contributed by atoms with Crippen LogP contribution in [-0.4, -0.2) is 23.1 Å². The van der Waals surface area contributed by atoms with Crippen LogP contribution in [0.15, 0.2) is 24.3 Å². The van der Waals surface area contributed by atoms with Gasteiger partial charge in [0.1, 0.15) is 0 Å². The van der Waals surface area contributed by atoms with Crippen LogP contribution in [0.3, 0.4) is 0 Å². The summed E-state index contributed by atoms with van der Waals surface area (Å²) in [5.41, 5.74) is 2.60. The maximum absolute atomic E-state index is 13.5. The Kier molecular flexibility index (Phi) is 3.84. The summed E-state index contributed by atoms with van der Waals surface area (Å²) < 4.78 is 18.5. The lowest BCUT2D eigenvalue weighted by Gasteiger charge is -2.08. The molecule has 0 radical (unpaired) electrons. The lowest BCUT2D eigenvalue weighted by Crippen LogP contribution is -2.16. The highest BCUT2D eigenvalue weighted by Crippen LogP contribution is 2.25. The van der Waals surface area contributed by atoms with Crippen LogP contribution < -0.4 is 10.1 Å². The second-order valence-corrected chi connectivity index (χ2v) is 5.33. The molecule has 0 saturated heterocycles. The van der Waals surface area contributed by atoms with Crippen molar-refractivity contribution in [2.24, 2.45) is 0 Å². The van der Waals surface area contributed by atoms with E-state index in [1.165, 1.54) is 26.0 Å². The third kappa shape index (κ3) is 3.36. The number of benzene rings is 1. The van der Waals surface area contributed by atoms with Gasteiger partial charge in [0, 0.05) is 23.8 Å². The number of aromatic nitrogens is 2. The van der Waals surface area contributed by atoms with E-state index >= 15 is 0 Å². The number of ether oxygens (including phenoxy) is 1. The number of aryl methyl sites for hydroxylation is 1. The molecule has 5 heteroatoms. The molecule has 1 heterocycles. The number of methoxy groups -OCH3 is 1. The lowest BCUT2D eigenvalue weighted by molar-refractivity contribution is 0.386. The van der Waals surface area contributed by atoms with Crippen molar-refractivity contribution >= 4 is 0 Å². The fraction of sp³-hybridized carbons (Fsp3) is 0.375. The highest BCUT2D eigenvalue weighted by molar-refractivity contribution is 5.58. The number of halogens is 1. The first kappa shape index (κ1) is 13.9. The number of nitrogens with zero attached hydrogens (tertiary/aromatic N) is 2. The van der Waals surface area contributed by atoms with Crippen molar-refractivity contribution in [3.8, 4) is 17.1 Å². The SMILES string of the molecule is COc1cc(-c2nc(C)cc(CNC3CC3)n2)ccc1F. The third-order valence-corrected chi connectivity index (χ3v) is 3.47. The van der Waals surface area contributed by atoms with E-state index in [4.69, 9.17) is 4.74 Å². The molecule has 0 unspecified atom stereocenters. The van der Waals surface area contributed by atoms with Gasteiger partial charge in [-0.3, -0.25) is 0 Å². The predicted molar refractivity (Wildman–Crippen MR) is 78.6 cm³/mol. The van der Waals surface area contributed by atoms with Crippen LogP contribution in [0.1, 0.15) is 24.2 Å². The van der Waals surface area contributed by atoms with E-state index in [-0.39, 0.29) is 11.6 Å². The molecule has 110 valence electrons. The zero-order valence-corrected chi connectivity index (χ0v) is 12.2. The average Bonchev–Trinajstić information content (AvgIpc) is 3.29. The molecule has 0 amide bonds. The predicted octanol–water partition coefficient (Wildman–Crippen LogP) is 2.85. The smallest absolute Gasteiger partial charge is 0.165 e. The van der Waals surface area contributed by atoms with Crippen molar-refractivity contribution in [1.29, 1.82) is 0 Å². The summed E-state index contributed by atoms with van der Waals surface area (Å²) in [6.45, 7) is 2.67. The van der Waals surface area contributed by atoms with Gasteiger partial charge in [0.15, 0.2) is 17.4 Å². The summed E-state index contributed by atoms with van der Waals surface area (Å²) in [6, 6.07) is 7.28. The molecule has 1 aliphatic rings. The van der Waals surface area contributed by atoms with Crippen molar-refractivity contribution in [3.63, 3.8) is 0 Å². The minimum Gasteiger partial charge on any atom is -0.494 e. The number of hydrogen-bond acceptors (Lipinski definition) is 4. The molecule has 3 rings (SSSR count). The normalized spacial score (nSPS) is 14.2. The molecule has 0 bridgehead atoms. The van der Waals surface area contributed by atoms with E-state index < -0.39 is 0 Å². The Hall–Kier alpha value is -2.01. The molecule has 2 aromatic rings. The molecule has 1 fully saturated rings. The summed E-state index contributed by atoms with van der Waals surface area (Å²) >= 11 is 0. The Morgan fingerprint density at radius 2 is 2.10 bits per heavy atom. The van der Waals surface area contributed by atoms with Gasteiger partial charge >= 0.3 is 0 Å². The van der Waals surface area contributed by atoms with Crippen molar-refractivity contribution in [3.05, 3.63) is 41.5 Å². The summed E-state index contributed by atoms with van der Waals surface area (Å²) in [5.74, 6) is 0.417. The first-order valence-electron chi connectivity index (χ1n) is 7.07. The minimum absolute atomic E-state index is 0.204. The Bertz CT molecular complexity index is 656. The molecule has 1 aliphatic carbocycles. The van der Waals surface area contributed by atoms with Gasteiger partial charge in [0.25, 0.3) is 0 Å². The van der Waals surface area contributed by atoms with Crippen molar-refractivity contribution in [1.82, 2.24) is 15.3 Å². The molecule has 1 aromatic heterocycles. The number of rotatable bonds is 5. The van der Waals surface area contributed by atoms with Gasteiger partial charge in [-0.05, 0) is 44.0 Å². The molecule has 1 aromatic carbocycles. The highest BCUT2D eigenvalue weighted by atomic mass is 19.1. The highest BCUT2D eigenvalue weighted by Gasteiger charge is 2.20. The molecule has 4 nitrogen and oxygen atoms in total. The van der Waals surface area contributed by atoms with Gasteiger partial charge in [-0.25, -0.2) is 14.4 Å². The van der Waals surface area contributed by atoms with E-state index in [2.05, 4.69) is 15.3 Å². The Morgan fingerprint density at radius 3 is 2.81 bits per heavy atom. The van der Waals surface area contributed by atoms with E-state index in [1.54, 1.807) is 12.1 Å². The maximum atomic E-state index is 13.5. The van der Waals surface area contributed by atoms with Crippen LogP contribution in [0.5, 0.6) is 5.75 Å². The maximum Gasteiger partial charge on any atom is 0.165 e. The first-order chi connectivity index (χ1) is 10.2. The van der Waals surface area contributed by atoms with Crippen LogP contribution in [0.4, 0.5) is 4.39 Å². The van der Waals surface area contributed by atoms with Gasteiger partial charge in [-0.2, -0.15) is 0 Å². The summed E-state index contributed by atoms with van der Waals surface area (Å²) in [7, 11) is 1.45. The summed E-state index contributed by atoms with van der Waals surface area (Å²) in [4.78, 5) is 8.99. The average molecular weight is 287 g/mol. The second kappa shape index (κ2) is 5.77. The largest absolute Gasteiger partial charge is 0.494 e. The molecular formula is C16H18FN3O. The van der Waals surface area contributed by atoms with Crippen LogP contribution in [0.2, 0.25) is 0 Å². The van der Waals surface area contributed by atoms with Crippen molar-refractivity contribution in [2.75, 3.05) is 7.11 Å². The molecule has 21 heavy (non-hydrogen) atoms. The standard InChI is InChI=1S/C16H18FN3O/c1-10-7-13(9-18-12-4-5-12)20-16(19-10)11-3-6-14(17)15(8-11)21-2/h3,6-8,12,18H,4-5,9H2,1-2H3. The fourth-order valence-corrected chi connectivity index (χ4v) is 2.19.